The highest BCUT2D eigenvalue weighted by atomic mass is 79.9. The molecule has 2 aromatic rings. The van der Waals surface area contributed by atoms with Crippen molar-refractivity contribution in [3.63, 3.8) is 0 Å². The van der Waals surface area contributed by atoms with Crippen molar-refractivity contribution in [3.05, 3.63) is 22.6 Å². The lowest BCUT2D eigenvalue weighted by Crippen LogP contribution is -2.15. The van der Waals surface area contributed by atoms with Crippen molar-refractivity contribution in [2.45, 2.75) is 25.3 Å². The lowest BCUT2D eigenvalue weighted by Gasteiger charge is -2.17. The highest BCUT2D eigenvalue weighted by Gasteiger charge is 2.20. The molecule has 0 radical (unpaired) electrons. The summed E-state index contributed by atoms with van der Waals surface area (Å²) < 4.78 is 8.16. The summed E-state index contributed by atoms with van der Waals surface area (Å²) in [6.07, 6.45) is 1.77. The van der Waals surface area contributed by atoms with Crippen LogP contribution in [0.2, 0.25) is 0 Å². The summed E-state index contributed by atoms with van der Waals surface area (Å²) in [7, 11) is 1.68. The predicted molar refractivity (Wildman–Crippen MR) is 76.1 cm³/mol. The molecule has 2 atom stereocenters. The van der Waals surface area contributed by atoms with Crippen LogP contribution in [-0.4, -0.2) is 28.3 Å². The van der Waals surface area contributed by atoms with E-state index in [0.29, 0.717) is 6.61 Å². The molecule has 0 spiro atoms. The largest absolute Gasteiger partial charge is 0.383 e. The standard InChI is InChI=1S/C12H15BrClN3O/c1-7(6-18-3)17-11(8(2)14)16-10-4-9(13)5-15-12(10)17/h4-5,7-8H,6H2,1-3H3. The van der Waals surface area contributed by atoms with Crippen molar-refractivity contribution in [1.82, 2.24) is 14.5 Å². The smallest absolute Gasteiger partial charge is 0.160 e. The normalized spacial score (nSPS) is 14.9. The Morgan fingerprint density at radius 2 is 2.22 bits per heavy atom. The first-order valence-electron chi connectivity index (χ1n) is 5.71. The van der Waals surface area contributed by atoms with Crippen LogP contribution in [0, 0.1) is 0 Å². The summed E-state index contributed by atoms with van der Waals surface area (Å²) in [4.78, 5) is 8.99. The molecule has 2 aromatic heterocycles. The van der Waals surface area contributed by atoms with E-state index in [9.17, 15) is 0 Å². The molecule has 0 saturated carbocycles. The third kappa shape index (κ3) is 2.53. The predicted octanol–water partition coefficient (Wildman–Crippen LogP) is 3.70. The summed E-state index contributed by atoms with van der Waals surface area (Å²) in [6, 6.07) is 2.09. The number of ether oxygens (including phenoxy) is 1. The summed E-state index contributed by atoms with van der Waals surface area (Å²) >= 11 is 9.60. The minimum Gasteiger partial charge on any atom is -0.383 e. The Hall–Kier alpha value is -0.650. The van der Waals surface area contributed by atoms with Crippen LogP contribution in [0.3, 0.4) is 0 Å². The quantitative estimate of drug-likeness (QED) is 0.802. The number of fused-ring (bicyclic) bond motifs is 1. The molecule has 0 amide bonds. The number of imidazole rings is 1. The molecular formula is C12H15BrClN3O. The Balaban J connectivity index is 2.62. The van der Waals surface area contributed by atoms with Crippen LogP contribution in [0.25, 0.3) is 11.2 Å². The van der Waals surface area contributed by atoms with E-state index in [1.807, 2.05) is 17.6 Å². The minimum absolute atomic E-state index is 0.143. The van der Waals surface area contributed by atoms with Gasteiger partial charge in [-0.3, -0.25) is 0 Å². The number of methoxy groups -OCH3 is 1. The Bertz CT molecular complexity index is 555. The van der Waals surface area contributed by atoms with Crippen LogP contribution < -0.4 is 0 Å². The first kappa shape index (κ1) is 13.8. The maximum atomic E-state index is 6.20. The Labute approximate surface area is 119 Å². The molecule has 6 heteroatoms. The van der Waals surface area contributed by atoms with E-state index in [1.165, 1.54) is 0 Å². The average molecular weight is 333 g/mol. The maximum Gasteiger partial charge on any atom is 0.160 e. The summed E-state index contributed by atoms with van der Waals surface area (Å²) in [6.45, 7) is 4.57. The van der Waals surface area contributed by atoms with Crippen molar-refractivity contribution < 1.29 is 4.74 Å². The molecule has 0 fully saturated rings. The fourth-order valence-electron chi connectivity index (χ4n) is 2.01. The van der Waals surface area contributed by atoms with Gasteiger partial charge in [-0.15, -0.1) is 11.6 Å². The summed E-state index contributed by atoms with van der Waals surface area (Å²) in [5.74, 6) is 0.821. The molecule has 18 heavy (non-hydrogen) atoms. The second kappa shape index (κ2) is 5.55. The second-order valence-corrected chi connectivity index (χ2v) is 5.83. The highest BCUT2D eigenvalue weighted by Crippen LogP contribution is 2.28. The number of pyridine rings is 1. The van der Waals surface area contributed by atoms with Crippen molar-refractivity contribution in [1.29, 1.82) is 0 Å². The summed E-state index contributed by atoms with van der Waals surface area (Å²) in [5.41, 5.74) is 1.68. The molecule has 2 heterocycles. The molecule has 0 aliphatic rings. The van der Waals surface area contributed by atoms with Gasteiger partial charge in [0.2, 0.25) is 0 Å². The van der Waals surface area contributed by atoms with E-state index < -0.39 is 0 Å². The fraction of sp³-hybridized carbons (Fsp3) is 0.500. The number of hydrogen-bond donors (Lipinski definition) is 0. The van der Waals surface area contributed by atoms with Gasteiger partial charge in [-0.2, -0.15) is 0 Å². The fourth-order valence-corrected chi connectivity index (χ4v) is 2.48. The zero-order valence-corrected chi connectivity index (χ0v) is 12.9. The van der Waals surface area contributed by atoms with Crippen LogP contribution in [-0.2, 0) is 4.74 Å². The Morgan fingerprint density at radius 1 is 1.50 bits per heavy atom. The number of halogens is 2. The Morgan fingerprint density at radius 3 is 2.83 bits per heavy atom. The molecule has 2 rings (SSSR count). The van der Waals surface area contributed by atoms with E-state index in [0.717, 1.165) is 21.5 Å². The van der Waals surface area contributed by atoms with Crippen LogP contribution >= 0.6 is 27.5 Å². The van der Waals surface area contributed by atoms with Gasteiger partial charge in [-0.25, -0.2) is 9.97 Å². The van der Waals surface area contributed by atoms with Crippen molar-refractivity contribution in [3.8, 4) is 0 Å². The first-order chi connectivity index (χ1) is 8.54. The zero-order valence-electron chi connectivity index (χ0n) is 10.5. The van der Waals surface area contributed by atoms with Gasteiger partial charge in [-0.1, -0.05) is 0 Å². The highest BCUT2D eigenvalue weighted by molar-refractivity contribution is 9.10. The van der Waals surface area contributed by atoms with E-state index in [1.54, 1.807) is 13.3 Å². The molecule has 2 unspecified atom stereocenters. The minimum atomic E-state index is -0.169. The van der Waals surface area contributed by atoms with Gasteiger partial charge < -0.3 is 9.30 Å². The zero-order chi connectivity index (χ0) is 13.3. The SMILES string of the molecule is COCC(C)n1c(C(C)Cl)nc2cc(Br)cnc21. The monoisotopic (exact) mass is 331 g/mol. The van der Waals surface area contributed by atoms with E-state index >= 15 is 0 Å². The van der Waals surface area contributed by atoms with Crippen LogP contribution in [0.4, 0.5) is 0 Å². The van der Waals surface area contributed by atoms with Crippen molar-refractivity contribution in [2.75, 3.05) is 13.7 Å². The molecule has 0 N–H and O–H groups in total. The van der Waals surface area contributed by atoms with Crippen LogP contribution in [0.1, 0.15) is 31.1 Å². The van der Waals surface area contributed by atoms with Gasteiger partial charge in [0.25, 0.3) is 0 Å². The van der Waals surface area contributed by atoms with Crippen molar-refractivity contribution >= 4 is 38.7 Å². The molecule has 0 aliphatic heterocycles. The van der Waals surface area contributed by atoms with Gasteiger partial charge in [0.1, 0.15) is 11.3 Å². The number of alkyl halides is 1. The van der Waals surface area contributed by atoms with E-state index in [4.69, 9.17) is 16.3 Å². The topological polar surface area (TPSA) is 39.9 Å². The van der Waals surface area contributed by atoms with Crippen molar-refractivity contribution in [2.24, 2.45) is 0 Å². The summed E-state index contributed by atoms with van der Waals surface area (Å²) in [5, 5.41) is -0.169. The first-order valence-corrected chi connectivity index (χ1v) is 6.94. The molecule has 98 valence electrons. The number of rotatable bonds is 4. The lowest BCUT2D eigenvalue weighted by molar-refractivity contribution is 0.162. The van der Waals surface area contributed by atoms with Gasteiger partial charge >= 0.3 is 0 Å². The molecule has 0 aliphatic carbocycles. The lowest BCUT2D eigenvalue weighted by atomic mass is 10.3. The molecular weight excluding hydrogens is 318 g/mol. The van der Waals surface area contributed by atoms with Gasteiger partial charge in [0.05, 0.1) is 18.0 Å². The third-order valence-electron chi connectivity index (χ3n) is 2.73. The molecule has 4 nitrogen and oxygen atoms in total. The second-order valence-electron chi connectivity index (χ2n) is 4.26. The maximum absolute atomic E-state index is 6.20. The number of aromatic nitrogens is 3. The number of hydrogen-bond acceptors (Lipinski definition) is 3. The third-order valence-corrected chi connectivity index (χ3v) is 3.36. The van der Waals surface area contributed by atoms with E-state index in [-0.39, 0.29) is 11.4 Å². The van der Waals surface area contributed by atoms with Gasteiger partial charge in [0, 0.05) is 17.8 Å². The van der Waals surface area contributed by atoms with Crippen LogP contribution in [0.15, 0.2) is 16.7 Å². The molecule has 0 bridgehead atoms. The number of nitrogens with zero attached hydrogens (tertiary/aromatic N) is 3. The molecule has 0 saturated heterocycles. The van der Waals surface area contributed by atoms with Gasteiger partial charge in [-0.05, 0) is 35.8 Å². The average Bonchev–Trinajstić information content (AvgIpc) is 2.67. The van der Waals surface area contributed by atoms with E-state index in [2.05, 4.69) is 32.8 Å². The van der Waals surface area contributed by atoms with Crippen LogP contribution in [0.5, 0.6) is 0 Å². The molecule has 0 aromatic carbocycles. The van der Waals surface area contributed by atoms with Gasteiger partial charge in [0.15, 0.2) is 5.65 Å². The Kier molecular flexibility index (Phi) is 4.25.